The van der Waals surface area contributed by atoms with Gasteiger partial charge in [-0.3, -0.25) is 0 Å². The smallest absolute Gasteiger partial charge is 0.148 e. The monoisotopic (exact) mass is 725 g/mol. The molecule has 7 aromatic rings. The SMILES string of the molecule is Cc1ccc(O)c(Cc2cc(C)cc(Cc3cc(C)ccc3O)c2[O-])c1.Cc1ccc([N+](c2ccc(C)cc2)(c2ccc(C)cc2)c2ccc(C)cc2)cc1. The fraction of sp³-hybridized carbons (Fsp3) is 0.176. The van der Waals surface area contributed by atoms with Gasteiger partial charge in [0.05, 0.1) is 0 Å². The third-order valence-electron chi connectivity index (χ3n) is 10.3. The predicted molar refractivity (Wildman–Crippen MR) is 227 cm³/mol. The normalized spacial score (nSPS) is 11.2. The molecular formula is C51H51NO3. The summed E-state index contributed by atoms with van der Waals surface area (Å²) in [5.74, 6) is 0.376. The van der Waals surface area contributed by atoms with Crippen molar-refractivity contribution in [3.63, 3.8) is 0 Å². The number of nitrogens with zero attached hydrogens (tertiary/aromatic N) is 1. The van der Waals surface area contributed by atoms with Gasteiger partial charge in [0.1, 0.15) is 34.2 Å². The van der Waals surface area contributed by atoms with Crippen LogP contribution in [0.5, 0.6) is 17.2 Å². The number of benzene rings is 7. The lowest BCUT2D eigenvalue weighted by atomic mass is 9.94. The van der Waals surface area contributed by atoms with Crippen molar-refractivity contribution in [2.75, 3.05) is 0 Å². The molecule has 0 fully saturated rings. The molecule has 0 bridgehead atoms. The third kappa shape index (κ3) is 8.67. The van der Waals surface area contributed by atoms with Gasteiger partial charge in [0.15, 0.2) is 0 Å². The highest BCUT2D eigenvalue weighted by Gasteiger charge is 2.39. The van der Waals surface area contributed by atoms with E-state index in [0.717, 1.165) is 27.8 Å². The van der Waals surface area contributed by atoms with Crippen LogP contribution < -0.4 is 9.59 Å². The highest BCUT2D eigenvalue weighted by molar-refractivity contribution is 5.81. The molecule has 0 heterocycles. The molecule has 0 amide bonds. The van der Waals surface area contributed by atoms with Gasteiger partial charge in [-0.15, -0.1) is 5.75 Å². The molecule has 55 heavy (non-hydrogen) atoms. The summed E-state index contributed by atoms with van der Waals surface area (Å²) in [6.07, 6.45) is 0.779. The maximum Gasteiger partial charge on any atom is 0.148 e. The van der Waals surface area contributed by atoms with E-state index in [0.29, 0.717) is 28.5 Å². The molecule has 0 aliphatic carbocycles. The number of aromatic hydroxyl groups is 2. The van der Waals surface area contributed by atoms with Gasteiger partial charge < -0.3 is 15.3 Å². The molecule has 4 heteroatoms. The van der Waals surface area contributed by atoms with Crippen LogP contribution in [0.1, 0.15) is 61.2 Å². The Labute approximate surface area is 326 Å². The first-order valence-corrected chi connectivity index (χ1v) is 18.9. The Morgan fingerprint density at radius 1 is 0.345 bits per heavy atom. The molecule has 0 radical (unpaired) electrons. The summed E-state index contributed by atoms with van der Waals surface area (Å²) in [5.41, 5.74) is 15.9. The van der Waals surface area contributed by atoms with E-state index >= 15 is 0 Å². The van der Waals surface area contributed by atoms with Crippen LogP contribution in [0, 0.1) is 48.5 Å². The average Bonchev–Trinajstić information content (AvgIpc) is 3.16. The Hall–Kier alpha value is -6.10. The minimum Gasteiger partial charge on any atom is -0.872 e. The predicted octanol–water partition coefficient (Wildman–Crippen LogP) is 12.5. The van der Waals surface area contributed by atoms with Crippen LogP contribution in [-0.4, -0.2) is 10.2 Å². The van der Waals surface area contributed by atoms with E-state index in [1.165, 1.54) is 45.0 Å². The highest BCUT2D eigenvalue weighted by Crippen LogP contribution is 2.51. The standard InChI is InChI=1S/C28H28N.C23H24O3/c1-21-5-13-25(14-6-21)29(26-15-7-22(2)8-16-26,27-17-9-23(3)10-18-27)28-19-11-24(4)12-20-28;1-14-4-6-21(24)17(8-14)12-19-10-16(3)11-20(23(19)26)13-18-9-15(2)5-7-22(18)25/h5-20H,1-4H3;4-11,24-26H,12-13H2,1-3H3/q+1;/p-1. The summed E-state index contributed by atoms with van der Waals surface area (Å²) >= 11 is 0. The summed E-state index contributed by atoms with van der Waals surface area (Å²) < 4.78 is 0.557. The first-order chi connectivity index (χ1) is 26.3. The molecule has 0 atom stereocenters. The fourth-order valence-electron chi connectivity index (χ4n) is 7.28. The zero-order chi connectivity index (χ0) is 39.3. The number of phenols is 2. The van der Waals surface area contributed by atoms with E-state index < -0.39 is 0 Å². The van der Waals surface area contributed by atoms with E-state index in [4.69, 9.17) is 0 Å². The highest BCUT2D eigenvalue weighted by atomic mass is 16.3. The van der Waals surface area contributed by atoms with Crippen LogP contribution in [0.15, 0.2) is 146 Å². The van der Waals surface area contributed by atoms with Gasteiger partial charge in [-0.25, -0.2) is 0 Å². The van der Waals surface area contributed by atoms with Gasteiger partial charge >= 0.3 is 0 Å². The van der Waals surface area contributed by atoms with Crippen molar-refractivity contribution in [3.05, 3.63) is 207 Å². The largest absolute Gasteiger partial charge is 0.872 e. The number of quaternary nitrogens is 1. The lowest BCUT2D eigenvalue weighted by Crippen LogP contribution is -2.33. The first-order valence-electron chi connectivity index (χ1n) is 18.9. The van der Waals surface area contributed by atoms with Crippen LogP contribution in [0.4, 0.5) is 22.7 Å². The lowest BCUT2D eigenvalue weighted by Gasteiger charge is -2.37. The Kier molecular flexibility index (Phi) is 11.6. The van der Waals surface area contributed by atoms with Crippen molar-refractivity contribution < 1.29 is 15.3 Å². The van der Waals surface area contributed by atoms with Crippen LogP contribution in [0.2, 0.25) is 0 Å². The van der Waals surface area contributed by atoms with Crippen LogP contribution in [-0.2, 0) is 12.8 Å². The number of phenolic OH excluding ortho intramolecular Hbond substituents is 2. The minimum absolute atomic E-state index is 0.0302. The first kappa shape index (κ1) is 38.6. The van der Waals surface area contributed by atoms with E-state index in [1.807, 2.05) is 57.2 Å². The Balaban J connectivity index is 0.000000188. The summed E-state index contributed by atoms with van der Waals surface area (Å²) in [6, 6.07) is 50.3. The van der Waals surface area contributed by atoms with Gasteiger partial charge in [0, 0.05) is 61.4 Å². The van der Waals surface area contributed by atoms with Crippen molar-refractivity contribution in [1.82, 2.24) is 4.48 Å². The second kappa shape index (κ2) is 16.5. The molecule has 0 saturated heterocycles. The van der Waals surface area contributed by atoms with Gasteiger partial charge in [0.25, 0.3) is 0 Å². The molecule has 278 valence electrons. The third-order valence-corrected chi connectivity index (χ3v) is 10.3. The zero-order valence-electron chi connectivity index (χ0n) is 33.0. The molecule has 2 N–H and O–H groups in total. The van der Waals surface area contributed by atoms with Gasteiger partial charge in [-0.2, -0.15) is 4.48 Å². The number of rotatable bonds is 8. The number of aryl methyl sites for hydroxylation is 7. The molecule has 4 nitrogen and oxygen atoms in total. The molecule has 0 aliphatic rings. The molecular weight excluding hydrogens is 675 g/mol. The van der Waals surface area contributed by atoms with Crippen LogP contribution in [0.3, 0.4) is 0 Å². The van der Waals surface area contributed by atoms with E-state index in [1.54, 1.807) is 12.1 Å². The van der Waals surface area contributed by atoms with Crippen molar-refractivity contribution in [2.45, 2.75) is 61.3 Å². The van der Waals surface area contributed by atoms with E-state index in [2.05, 4.69) is 125 Å². The minimum atomic E-state index is -0.0302. The van der Waals surface area contributed by atoms with Gasteiger partial charge in [-0.05, 0) is 71.7 Å². The molecule has 0 spiro atoms. The topological polar surface area (TPSA) is 63.5 Å². The van der Waals surface area contributed by atoms with Crippen molar-refractivity contribution in [3.8, 4) is 17.2 Å². The second-order valence-electron chi connectivity index (χ2n) is 15.0. The van der Waals surface area contributed by atoms with E-state index in [9.17, 15) is 15.3 Å². The molecule has 7 rings (SSSR count). The Morgan fingerprint density at radius 2 is 0.600 bits per heavy atom. The van der Waals surface area contributed by atoms with Gasteiger partial charge in [0.2, 0.25) is 0 Å². The molecule has 0 aliphatic heterocycles. The number of hydrogen-bond donors (Lipinski definition) is 2. The van der Waals surface area contributed by atoms with Crippen molar-refractivity contribution in [1.29, 1.82) is 0 Å². The summed E-state index contributed by atoms with van der Waals surface area (Å²) in [5, 5.41) is 33.1. The lowest BCUT2D eigenvalue weighted by molar-refractivity contribution is -0.270. The summed E-state index contributed by atoms with van der Waals surface area (Å²) in [7, 11) is 0. The number of hydrogen-bond acceptors (Lipinski definition) is 3. The Morgan fingerprint density at radius 3 is 0.891 bits per heavy atom. The Bertz CT molecular complexity index is 2130. The fourth-order valence-corrected chi connectivity index (χ4v) is 7.28. The van der Waals surface area contributed by atoms with Gasteiger partial charge in [-0.1, -0.05) is 135 Å². The summed E-state index contributed by atoms with van der Waals surface area (Å²) in [4.78, 5) is 0. The second-order valence-corrected chi connectivity index (χ2v) is 15.0. The molecule has 0 saturated carbocycles. The maximum atomic E-state index is 13.0. The van der Waals surface area contributed by atoms with Crippen molar-refractivity contribution in [2.24, 2.45) is 0 Å². The molecule has 0 unspecified atom stereocenters. The van der Waals surface area contributed by atoms with E-state index in [-0.39, 0.29) is 17.2 Å². The molecule has 0 aromatic heterocycles. The summed E-state index contributed by atoms with van der Waals surface area (Å²) in [6.45, 7) is 14.4. The zero-order valence-corrected chi connectivity index (χ0v) is 33.0. The van der Waals surface area contributed by atoms with Crippen LogP contribution in [0.25, 0.3) is 0 Å². The quantitative estimate of drug-likeness (QED) is 0.153. The molecule has 7 aromatic carbocycles. The maximum absolute atomic E-state index is 13.0. The average molecular weight is 726 g/mol. The van der Waals surface area contributed by atoms with Crippen LogP contribution >= 0.6 is 0 Å². The van der Waals surface area contributed by atoms with Crippen molar-refractivity contribution >= 4 is 22.7 Å².